The maximum atomic E-state index is 13.2. The first-order chi connectivity index (χ1) is 15.3. The maximum Gasteiger partial charge on any atom is 0.317 e. The van der Waals surface area contributed by atoms with Gasteiger partial charge in [-0.15, -0.1) is 11.3 Å². The lowest BCUT2D eigenvalue weighted by molar-refractivity contribution is -0.118. The number of carbonyl (C=O) groups is 2. The van der Waals surface area contributed by atoms with Crippen molar-refractivity contribution in [1.29, 1.82) is 0 Å². The molecule has 1 saturated heterocycles. The molecule has 10 heteroatoms. The van der Waals surface area contributed by atoms with Crippen LogP contribution in [0.3, 0.4) is 0 Å². The number of thiazole rings is 1. The third-order valence-corrected chi connectivity index (χ3v) is 9.20. The minimum absolute atomic E-state index is 0.110. The number of nitrogens with one attached hydrogen (secondary N) is 2. The fraction of sp³-hybridized carbons (Fsp3) is 0.500. The maximum absolute atomic E-state index is 13.2. The summed E-state index contributed by atoms with van der Waals surface area (Å²) in [6.07, 6.45) is 4.53. The van der Waals surface area contributed by atoms with E-state index in [0.29, 0.717) is 42.4 Å². The van der Waals surface area contributed by atoms with E-state index in [0.717, 1.165) is 16.9 Å². The second-order valence-corrected chi connectivity index (χ2v) is 12.0. The standard InChI is InChI=1S/C22H28N4O4S2/c1-14-12-24-21(31-14)25-20(27)19(11-15-9-10-26(13-15)22(28)23-2)16-3-5-17(6-4-16)32(29,30)18-7-8-18/h3-6,12,15,18-19H,7-11,13H2,1-2H3,(H,23,28)(H,24,25,27). The SMILES string of the molecule is CNC(=O)N1CCC(CC(C(=O)Nc2ncc(C)s2)c2ccc(S(=O)(=O)C3CC3)cc2)C1. The Bertz CT molecular complexity index is 1090. The van der Waals surface area contributed by atoms with Crippen molar-refractivity contribution in [2.24, 2.45) is 5.92 Å². The molecule has 172 valence electrons. The summed E-state index contributed by atoms with van der Waals surface area (Å²) < 4.78 is 25.1. The Labute approximate surface area is 192 Å². The molecule has 3 amide bonds. The van der Waals surface area contributed by atoms with Crippen molar-refractivity contribution in [2.75, 3.05) is 25.5 Å². The molecular weight excluding hydrogens is 448 g/mol. The molecule has 1 aliphatic heterocycles. The first-order valence-electron chi connectivity index (χ1n) is 10.8. The quantitative estimate of drug-likeness (QED) is 0.638. The Morgan fingerprint density at radius 2 is 1.94 bits per heavy atom. The number of anilines is 1. The smallest absolute Gasteiger partial charge is 0.317 e. The topological polar surface area (TPSA) is 108 Å². The molecule has 2 unspecified atom stereocenters. The highest BCUT2D eigenvalue weighted by molar-refractivity contribution is 7.92. The van der Waals surface area contributed by atoms with Gasteiger partial charge in [0, 0.05) is 31.2 Å². The first kappa shape index (κ1) is 22.7. The van der Waals surface area contributed by atoms with Gasteiger partial charge < -0.3 is 15.5 Å². The van der Waals surface area contributed by atoms with Crippen molar-refractivity contribution >= 4 is 38.2 Å². The molecule has 1 aliphatic carbocycles. The number of urea groups is 1. The van der Waals surface area contributed by atoms with Gasteiger partial charge in [0.25, 0.3) is 0 Å². The van der Waals surface area contributed by atoms with Crippen LogP contribution in [0.1, 0.15) is 42.0 Å². The summed E-state index contributed by atoms with van der Waals surface area (Å²) in [5, 5.41) is 5.84. The van der Waals surface area contributed by atoms with Crippen LogP contribution in [-0.2, 0) is 14.6 Å². The second kappa shape index (κ2) is 9.19. The van der Waals surface area contributed by atoms with Gasteiger partial charge in [0.15, 0.2) is 15.0 Å². The zero-order valence-corrected chi connectivity index (χ0v) is 19.8. The molecule has 2 aromatic rings. The van der Waals surface area contributed by atoms with Crippen LogP contribution in [0.5, 0.6) is 0 Å². The van der Waals surface area contributed by atoms with Crippen LogP contribution in [-0.4, -0.2) is 55.6 Å². The van der Waals surface area contributed by atoms with Gasteiger partial charge in [-0.3, -0.25) is 4.79 Å². The Morgan fingerprint density at radius 3 is 2.53 bits per heavy atom. The summed E-state index contributed by atoms with van der Waals surface area (Å²) >= 11 is 1.41. The largest absolute Gasteiger partial charge is 0.341 e. The number of aryl methyl sites for hydroxylation is 1. The molecule has 0 radical (unpaired) electrons. The molecule has 1 saturated carbocycles. The molecule has 0 bridgehead atoms. The third-order valence-electron chi connectivity index (χ3n) is 6.10. The summed E-state index contributed by atoms with van der Waals surface area (Å²) in [5.74, 6) is -0.460. The summed E-state index contributed by atoms with van der Waals surface area (Å²) in [4.78, 5) is 32.5. The summed E-state index contributed by atoms with van der Waals surface area (Å²) in [5.41, 5.74) is 0.768. The molecule has 8 nitrogen and oxygen atoms in total. The van der Waals surface area contributed by atoms with Gasteiger partial charge in [0.1, 0.15) is 0 Å². The number of benzene rings is 1. The van der Waals surface area contributed by atoms with Gasteiger partial charge >= 0.3 is 6.03 Å². The zero-order chi connectivity index (χ0) is 22.9. The number of amides is 3. The highest BCUT2D eigenvalue weighted by Crippen LogP contribution is 2.35. The molecule has 2 aliphatic rings. The lowest BCUT2D eigenvalue weighted by atomic mass is 9.87. The van der Waals surface area contributed by atoms with Crippen molar-refractivity contribution < 1.29 is 18.0 Å². The van der Waals surface area contributed by atoms with E-state index in [-0.39, 0.29) is 23.1 Å². The Hall–Kier alpha value is -2.46. The average molecular weight is 477 g/mol. The van der Waals surface area contributed by atoms with Crippen molar-refractivity contribution in [3.05, 3.63) is 40.9 Å². The van der Waals surface area contributed by atoms with E-state index >= 15 is 0 Å². The molecule has 2 heterocycles. The van der Waals surface area contributed by atoms with E-state index in [2.05, 4.69) is 15.6 Å². The van der Waals surface area contributed by atoms with Crippen LogP contribution in [0.15, 0.2) is 35.4 Å². The Morgan fingerprint density at radius 1 is 1.22 bits per heavy atom. The molecule has 0 spiro atoms. The van der Waals surface area contributed by atoms with Gasteiger partial charge in [-0.1, -0.05) is 12.1 Å². The molecule has 2 atom stereocenters. The Kier molecular flexibility index (Phi) is 6.52. The van der Waals surface area contributed by atoms with Gasteiger partial charge in [0.05, 0.1) is 16.1 Å². The minimum atomic E-state index is -3.28. The van der Waals surface area contributed by atoms with Crippen molar-refractivity contribution in [2.45, 2.75) is 48.7 Å². The third kappa shape index (κ3) is 4.96. The molecule has 4 rings (SSSR count). The molecule has 32 heavy (non-hydrogen) atoms. The molecule has 2 N–H and O–H groups in total. The fourth-order valence-corrected chi connectivity index (χ4v) is 6.49. The highest BCUT2D eigenvalue weighted by Gasteiger charge is 2.37. The lowest BCUT2D eigenvalue weighted by Gasteiger charge is -2.21. The number of aromatic nitrogens is 1. The van der Waals surface area contributed by atoms with Gasteiger partial charge in [0.2, 0.25) is 5.91 Å². The second-order valence-electron chi connectivity index (χ2n) is 8.52. The van der Waals surface area contributed by atoms with E-state index in [1.54, 1.807) is 42.4 Å². The minimum Gasteiger partial charge on any atom is -0.341 e. The van der Waals surface area contributed by atoms with Crippen LogP contribution < -0.4 is 10.6 Å². The number of hydrogen-bond donors (Lipinski definition) is 2. The van der Waals surface area contributed by atoms with Crippen LogP contribution in [0.2, 0.25) is 0 Å². The molecule has 1 aromatic carbocycles. The van der Waals surface area contributed by atoms with Gasteiger partial charge in [-0.05, 0) is 56.2 Å². The van der Waals surface area contributed by atoms with Crippen LogP contribution in [0.25, 0.3) is 0 Å². The number of sulfone groups is 1. The van der Waals surface area contributed by atoms with Crippen LogP contribution in [0, 0.1) is 12.8 Å². The summed E-state index contributed by atoms with van der Waals surface area (Å²) in [7, 11) is -1.67. The highest BCUT2D eigenvalue weighted by atomic mass is 32.2. The molecule has 2 fully saturated rings. The van der Waals surface area contributed by atoms with E-state index in [1.807, 2.05) is 6.92 Å². The predicted octanol–water partition coefficient (Wildman–Crippen LogP) is 3.16. The number of carbonyl (C=O) groups excluding carboxylic acids is 2. The van der Waals surface area contributed by atoms with Crippen molar-refractivity contribution in [1.82, 2.24) is 15.2 Å². The summed E-state index contributed by atoms with van der Waals surface area (Å²) in [6.45, 7) is 3.17. The van der Waals surface area contributed by atoms with Gasteiger partial charge in [-0.2, -0.15) is 0 Å². The Balaban J connectivity index is 1.54. The number of hydrogen-bond acceptors (Lipinski definition) is 6. The predicted molar refractivity (Wildman–Crippen MR) is 124 cm³/mol. The average Bonchev–Trinajstić information content (AvgIpc) is 3.42. The number of rotatable bonds is 7. The molecule has 1 aromatic heterocycles. The number of likely N-dealkylation sites (tertiary alicyclic amines) is 1. The zero-order valence-electron chi connectivity index (χ0n) is 18.2. The van der Waals surface area contributed by atoms with E-state index in [4.69, 9.17) is 0 Å². The number of nitrogens with zero attached hydrogens (tertiary/aromatic N) is 2. The van der Waals surface area contributed by atoms with Crippen LogP contribution in [0.4, 0.5) is 9.93 Å². The summed E-state index contributed by atoms with van der Waals surface area (Å²) in [6, 6.07) is 6.61. The van der Waals surface area contributed by atoms with E-state index in [1.165, 1.54) is 11.3 Å². The van der Waals surface area contributed by atoms with E-state index < -0.39 is 15.8 Å². The first-order valence-corrected chi connectivity index (χ1v) is 13.2. The van der Waals surface area contributed by atoms with E-state index in [9.17, 15) is 18.0 Å². The lowest BCUT2D eigenvalue weighted by Crippen LogP contribution is -2.36. The molecular formula is C22H28N4O4S2. The van der Waals surface area contributed by atoms with Crippen LogP contribution >= 0.6 is 11.3 Å². The normalized spacial score (nSPS) is 19.6. The van der Waals surface area contributed by atoms with Crippen molar-refractivity contribution in [3.63, 3.8) is 0 Å². The fourth-order valence-electron chi connectivity index (χ4n) is 4.16. The van der Waals surface area contributed by atoms with Gasteiger partial charge in [-0.25, -0.2) is 18.2 Å². The monoisotopic (exact) mass is 476 g/mol. The van der Waals surface area contributed by atoms with Crippen molar-refractivity contribution in [3.8, 4) is 0 Å².